The predicted molar refractivity (Wildman–Crippen MR) is 191 cm³/mol. The maximum absolute atomic E-state index is 5.15. The van der Waals surface area contributed by atoms with Gasteiger partial charge in [-0.25, -0.2) is 4.98 Å². The number of rotatable bonds is 4. The second-order valence-corrected chi connectivity index (χ2v) is 12.9. The van der Waals surface area contributed by atoms with Crippen LogP contribution in [0.5, 0.6) is 0 Å². The van der Waals surface area contributed by atoms with E-state index >= 15 is 0 Å². The van der Waals surface area contributed by atoms with Crippen LogP contribution in [0.2, 0.25) is 0 Å². The van der Waals surface area contributed by atoms with Gasteiger partial charge in [-0.15, -0.1) is 0 Å². The molecule has 1 aromatic heterocycles. The molecular weight excluding hydrogens is 556 g/mol. The van der Waals surface area contributed by atoms with Crippen LogP contribution >= 0.6 is 0 Å². The minimum atomic E-state index is -0.158. The summed E-state index contributed by atoms with van der Waals surface area (Å²) in [6.07, 6.45) is 14.4. The number of benzene rings is 5. The zero-order valence-corrected chi connectivity index (χ0v) is 25.9. The highest BCUT2D eigenvalue weighted by atomic mass is 15.1. The fraction of sp³-hybridized carbons (Fsp3) is 0.114. The van der Waals surface area contributed by atoms with Crippen LogP contribution in [0.4, 0.5) is 0 Å². The third-order valence-corrected chi connectivity index (χ3v) is 10.1. The molecule has 3 aliphatic carbocycles. The number of nitrogens with zero attached hydrogens (tertiary/aromatic N) is 2. The maximum atomic E-state index is 5.15. The molecule has 0 saturated carbocycles. The lowest BCUT2D eigenvalue weighted by molar-refractivity contribution is 0.547. The van der Waals surface area contributed by atoms with E-state index in [0.717, 1.165) is 36.3 Å². The molecule has 0 N–H and O–H groups in total. The number of hydrogen-bond donors (Lipinski definition) is 0. The van der Waals surface area contributed by atoms with Crippen LogP contribution in [-0.2, 0) is 6.42 Å². The molecule has 9 rings (SSSR count). The van der Waals surface area contributed by atoms with Crippen LogP contribution in [-0.4, -0.2) is 9.55 Å². The average Bonchev–Trinajstić information content (AvgIpc) is 3.50. The molecular formula is C44H34N2. The summed E-state index contributed by atoms with van der Waals surface area (Å²) in [6, 6.07) is 44.4. The summed E-state index contributed by atoms with van der Waals surface area (Å²) >= 11 is 0. The van der Waals surface area contributed by atoms with E-state index in [4.69, 9.17) is 4.98 Å². The molecule has 1 atom stereocenters. The van der Waals surface area contributed by atoms with E-state index in [2.05, 4.69) is 163 Å². The molecule has 0 saturated heterocycles. The Bertz CT molecular complexity index is 2380. The lowest BCUT2D eigenvalue weighted by Gasteiger charge is -2.40. The van der Waals surface area contributed by atoms with E-state index in [1.54, 1.807) is 0 Å². The molecule has 220 valence electrons. The van der Waals surface area contributed by atoms with Gasteiger partial charge in [0.1, 0.15) is 5.82 Å². The van der Waals surface area contributed by atoms with Gasteiger partial charge in [-0.05, 0) is 92.6 Å². The SMILES string of the molecule is C[C@@]12CC=CC=C1C(c1ccc(-n3c(-c4ccccc4)nc4c3C=CCC4)cc1)=c1ccccc1=C2c1ccc2ccccc2c1. The van der Waals surface area contributed by atoms with Crippen molar-refractivity contribution in [3.8, 4) is 17.1 Å². The molecule has 0 unspecified atom stereocenters. The van der Waals surface area contributed by atoms with Gasteiger partial charge in [0.05, 0.1) is 11.4 Å². The fourth-order valence-corrected chi connectivity index (χ4v) is 7.92. The Morgan fingerprint density at radius 3 is 2.26 bits per heavy atom. The summed E-state index contributed by atoms with van der Waals surface area (Å²) in [4.78, 5) is 5.15. The van der Waals surface area contributed by atoms with Crippen LogP contribution in [0.1, 0.15) is 42.3 Å². The Labute approximate surface area is 269 Å². The summed E-state index contributed by atoms with van der Waals surface area (Å²) in [6.45, 7) is 2.44. The molecule has 6 aromatic rings. The van der Waals surface area contributed by atoms with Crippen LogP contribution in [0.15, 0.2) is 151 Å². The summed E-state index contributed by atoms with van der Waals surface area (Å²) in [5, 5.41) is 5.18. The van der Waals surface area contributed by atoms with E-state index in [-0.39, 0.29) is 5.41 Å². The van der Waals surface area contributed by atoms with Gasteiger partial charge in [-0.2, -0.15) is 0 Å². The number of aromatic nitrogens is 2. The summed E-state index contributed by atoms with van der Waals surface area (Å²) in [5.74, 6) is 1.00. The molecule has 0 spiro atoms. The second-order valence-electron chi connectivity index (χ2n) is 12.9. The Morgan fingerprint density at radius 2 is 1.41 bits per heavy atom. The van der Waals surface area contributed by atoms with Crippen molar-refractivity contribution in [2.45, 2.75) is 26.2 Å². The van der Waals surface area contributed by atoms with Crippen LogP contribution in [0.25, 0.3) is 45.1 Å². The van der Waals surface area contributed by atoms with Crippen molar-refractivity contribution in [2.75, 3.05) is 0 Å². The number of aryl methyl sites for hydroxylation is 1. The number of fused-ring (bicyclic) bond motifs is 4. The average molecular weight is 591 g/mol. The van der Waals surface area contributed by atoms with Gasteiger partial charge >= 0.3 is 0 Å². The third-order valence-electron chi connectivity index (χ3n) is 10.1. The van der Waals surface area contributed by atoms with E-state index in [1.807, 2.05) is 0 Å². The molecule has 0 aliphatic heterocycles. The van der Waals surface area contributed by atoms with Crippen LogP contribution in [0.3, 0.4) is 0 Å². The number of allylic oxidation sites excluding steroid dienone is 5. The zero-order chi connectivity index (χ0) is 30.7. The maximum Gasteiger partial charge on any atom is 0.145 e. The largest absolute Gasteiger partial charge is 0.293 e. The molecule has 5 aromatic carbocycles. The van der Waals surface area contributed by atoms with Crippen LogP contribution in [0, 0.1) is 5.41 Å². The minimum absolute atomic E-state index is 0.158. The summed E-state index contributed by atoms with van der Waals surface area (Å²) in [7, 11) is 0. The number of hydrogen-bond acceptors (Lipinski definition) is 1. The van der Waals surface area contributed by atoms with Gasteiger partial charge in [-0.1, -0.05) is 134 Å². The third kappa shape index (κ3) is 4.14. The first-order chi connectivity index (χ1) is 22.7. The highest BCUT2D eigenvalue weighted by Gasteiger charge is 2.39. The van der Waals surface area contributed by atoms with Crippen molar-refractivity contribution in [3.63, 3.8) is 0 Å². The fourth-order valence-electron chi connectivity index (χ4n) is 7.92. The first-order valence-electron chi connectivity index (χ1n) is 16.3. The van der Waals surface area contributed by atoms with Gasteiger partial charge < -0.3 is 0 Å². The van der Waals surface area contributed by atoms with Crippen molar-refractivity contribution < 1.29 is 0 Å². The molecule has 0 bridgehead atoms. The molecule has 1 heterocycles. The van der Waals surface area contributed by atoms with Crippen LogP contribution < -0.4 is 10.4 Å². The smallest absolute Gasteiger partial charge is 0.145 e. The van der Waals surface area contributed by atoms with Crippen molar-refractivity contribution in [3.05, 3.63) is 184 Å². The Morgan fingerprint density at radius 1 is 0.674 bits per heavy atom. The zero-order valence-electron chi connectivity index (χ0n) is 25.9. The highest BCUT2D eigenvalue weighted by molar-refractivity contribution is 5.93. The summed E-state index contributed by atoms with van der Waals surface area (Å²) in [5.41, 5.74) is 11.1. The van der Waals surface area contributed by atoms with Gasteiger partial charge in [0.2, 0.25) is 0 Å². The number of imidazole rings is 1. The van der Waals surface area contributed by atoms with Crippen molar-refractivity contribution in [2.24, 2.45) is 5.41 Å². The molecule has 46 heavy (non-hydrogen) atoms. The van der Waals surface area contributed by atoms with E-state index in [0.29, 0.717) is 0 Å². The monoisotopic (exact) mass is 590 g/mol. The molecule has 2 nitrogen and oxygen atoms in total. The Balaban J connectivity index is 1.26. The Hall–Kier alpha value is -5.47. The minimum Gasteiger partial charge on any atom is -0.293 e. The standard InChI is InChI=1S/C44H34N2/c1-44-28-12-11-19-38(44)41(36-17-7-8-18-37(36)42(44)34-23-22-30-13-5-6-16-33(30)29-34)31-24-26-35(27-25-31)46-40-21-10-9-20-39(40)45-43(46)32-14-3-2-4-15-32/h2-8,10-19,21-27,29H,9,20,28H2,1H3/t44-/m1/s1. The lowest BCUT2D eigenvalue weighted by Crippen LogP contribution is -2.42. The predicted octanol–water partition coefficient (Wildman–Crippen LogP) is 8.96. The normalized spacial score (nSPS) is 18.2. The Kier molecular flexibility index (Phi) is 6.18. The first-order valence-corrected chi connectivity index (χ1v) is 16.3. The van der Waals surface area contributed by atoms with Crippen molar-refractivity contribution in [1.82, 2.24) is 9.55 Å². The molecule has 0 fully saturated rings. The van der Waals surface area contributed by atoms with Gasteiger partial charge in [-0.3, -0.25) is 4.57 Å². The second kappa shape index (κ2) is 10.6. The molecule has 0 amide bonds. The van der Waals surface area contributed by atoms with Gasteiger partial charge in [0.25, 0.3) is 0 Å². The lowest BCUT2D eigenvalue weighted by atomic mass is 9.62. The first kappa shape index (κ1) is 26.9. The van der Waals surface area contributed by atoms with E-state index in [9.17, 15) is 0 Å². The summed E-state index contributed by atoms with van der Waals surface area (Å²) < 4.78 is 2.34. The van der Waals surface area contributed by atoms with E-state index < -0.39 is 0 Å². The highest BCUT2D eigenvalue weighted by Crippen LogP contribution is 2.50. The van der Waals surface area contributed by atoms with Crippen molar-refractivity contribution in [1.29, 1.82) is 0 Å². The molecule has 2 heteroatoms. The van der Waals surface area contributed by atoms with E-state index in [1.165, 1.54) is 60.4 Å². The topological polar surface area (TPSA) is 17.8 Å². The van der Waals surface area contributed by atoms with Gasteiger partial charge in [0, 0.05) is 16.7 Å². The van der Waals surface area contributed by atoms with Crippen molar-refractivity contribution >= 4 is 28.0 Å². The molecule has 0 radical (unpaired) electrons. The quantitative estimate of drug-likeness (QED) is 0.200. The van der Waals surface area contributed by atoms with Gasteiger partial charge in [0.15, 0.2) is 0 Å². The molecule has 3 aliphatic rings.